The minimum Gasteiger partial charge on any atom is -0.294 e. The Balaban J connectivity index is 3.19. The number of benzene rings is 1. The van der Waals surface area contributed by atoms with Crippen LogP contribution in [0, 0.1) is 8.99 Å². The Labute approximate surface area is 107 Å². The lowest BCUT2D eigenvalue weighted by Gasteiger charge is -2.17. The van der Waals surface area contributed by atoms with Crippen molar-refractivity contribution in [2.24, 2.45) is 5.41 Å². The highest BCUT2D eigenvalue weighted by molar-refractivity contribution is 14.1. The molecule has 0 saturated carbocycles. The summed E-state index contributed by atoms with van der Waals surface area (Å²) in [6, 6.07) is 5.81. The SMILES string of the molecule is CC(C)(C)C(=O)c1cc(I)ccc1Br. The van der Waals surface area contributed by atoms with Crippen molar-refractivity contribution in [3.63, 3.8) is 0 Å². The van der Waals surface area contributed by atoms with Crippen molar-refractivity contribution in [3.05, 3.63) is 31.8 Å². The summed E-state index contributed by atoms with van der Waals surface area (Å²) < 4.78 is 1.95. The monoisotopic (exact) mass is 366 g/mol. The van der Waals surface area contributed by atoms with Crippen molar-refractivity contribution in [2.75, 3.05) is 0 Å². The fourth-order valence-electron chi connectivity index (χ4n) is 1.08. The molecule has 0 atom stereocenters. The van der Waals surface area contributed by atoms with E-state index in [2.05, 4.69) is 38.5 Å². The molecule has 0 aliphatic heterocycles. The average molecular weight is 367 g/mol. The maximum Gasteiger partial charge on any atom is 0.169 e. The third-order valence-corrected chi connectivity index (χ3v) is 3.22. The molecule has 0 radical (unpaired) electrons. The molecule has 0 amide bonds. The van der Waals surface area contributed by atoms with Gasteiger partial charge in [0.2, 0.25) is 0 Å². The summed E-state index contributed by atoms with van der Waals surface area (Å²) in [6.07, 6.45) is 0. The summed E-state index contributed by atoms with van der Waals surface area (Å²) in [5.74, 6) is 0.169. The van der Waals surface area contributed by atoms with Gasteiger partial charge < -0.3 is 0 Å². The molecule has 14 heavy (non-hydrogen) atoms. The molecule has 0 fully saturated rings. The fourth-order valence-corrected chi connectivity index (χ4v) is 1.99. The van der Waals surface area contributed by atoms with Crippen LogP contribution in [0.1, 0.15) is 31.1 Å². The van der Waals surface area contributed by atoms with Gasteiger partial charge in [-0.1, -0.05) is 36.7 Å². The molecule has 0 saturated heterocycles. The second-order valence-electron chi connectivity index (χ2n) is 4.20. The van der Waals surface area contributed by atoms with Crippen LogP contribution < -0.4 is 0 Å². The molecule has 1 rings (SSSR count). The number of halogens is 2. The first kappa shape index (κ1) is 12.2. The lowest BCUT2D eigenvalue weighted by Crippen LogP contribution is -2.20. The van der Waals surface area contributed by atoms with Crippen molar-refractivity contribution in [1.82, 2.24) is 0 Å². The Morgan fingerprint density at radius 3 is 2.43 bits per heavy atom. The maximum absolute atomic E-state index is 12.0. The quantitative estimate of drug-likeness (QED) is 0.535. The van der Waals surface area contributed by atoms with E-state index in [4.69, 9.17) is 0 Å². The van der Waals surface area contributed by atoms with Crippen LogP contribution in [-0.4, -0.2) is 5.78 Å². The van der Waals surface area contributed by atoms with Gasteiger partial charge in [-0.25, -0.2) is 0 Å². The van der Waals surface area contributed by atoms with E-state index in [9.17, 15) is 4.79 Å². The van der Waals surface area contributed by atoms with Gasteiger partial charge in [-0.05, 0) is 40.8 Å². The second-order valence-corrected chi connectivity index (χ2v) is 6.30. The topological polar surface area (TPSA) is 17.1 Å². The van der Waals surface area contributed by atoms with E-state index < -0.39 is 0 Å². The van der Waals surface area contributed by atoms with Gasteiger partial charge in [0.25, 0.3) is 0 Å². The predicted molar refractivity (Wildman–Crippen MR) is 70.6 cm³/mol. The molecule has 0 aliphatic carbocycles. The maximum atomic E-state index is 12.0. The number of carbonyl (C=O) groups is 1. The van der Waals surface area contributed by atoms with Gasteiger partial charge in [0.1, 0.15) is 0 Å². The molecule has 76 valence electrons. The highest BCUT2D eigenvalue weighted by Gasteiger charge is 2.24. The lowest BCUT2D eigenvalue weighted by molar-refractivity contribution is 0.0857. The number of hydrogen-bond donors (Lipinski definition) is 0. The van der Waals surface area contributed by atoms with Crippen LogP contribution in [-0.2, 0) is 0 Å². The van der Waals surface area contributed by atoms with Crippen LogP contribution in [0.2, 0.25) is 0 Å². The summed E-state index contributed by atoms with van der Waals surface area (Å²) in [6.45, 7) is 5.80. The molecule has 1 aromatic rings. The van der Waals surface area contributed by atoms with E-state index in [1.54, 1.807) is 0 Å². The van der Waals surface area contributed by atoms with Crippen LogP contribution >= 0.6 is 38.5 Å². The first-order valence-corrected chi connectivity index (χ1v) is 6.19. The van der Waals surface area contributed by atoms with Crippen LogP contribution in [0.3, 0.4) is 0 Å². The van der Waals surface area contributed by atoms with E-state index >= 15 is 0 Å². The van der Waals surface area contributed by atoms with Gasteiger partial charge >= 0.3 is 0 Å². The molecular formula is C11H12BrIO. The third kappa shape index (κ3) is 2.79. The van der Waals surface area contributed by atoms with Gasteiger partial charge in [-0.3, -0.25) is 4.79 Å². The summed E-state index contributed by atoms with van der Waals surface area (Å²) in [5.41, 5.74) is 0.442. The van der Waals surface area contributed by atoms with E-state index in [0.29, 0.717) is 0 Å². The van der Waals surface area contributed by atoms with Gasteiger partial charge in [0.05, 0.1) is 0 Å². The third-order valence-electron chi connectivity index (χ3n) is 1.85. The van der Waals surface area contributed by atoms with E-state index in [-0.39, 0.29) is 11.2 Å². The zero-order valence-corrected chi connectivity index (χ0v) is 12.1. The van der Waals surface area contributed by atoms with Crippen LogP contribution in [0.15, 0.2) is 22.7 Å². The Morgan fingerprint density at radius 1 is 1.36 bits per heavy atom. The molecule has 0 bridgehead atoms. The summed E-state index contributed by atoms with van der Waals surface area (Å²) in [7, 11) is 0. The number of carbonyl (C=O) groups excluding carboxylic acids is 1. The Hall–Kier alpha value is 0.1000. The number of rotatable bonds is 1. The first-order valence-electron chi connectivity index (χ1n) is 4.32. The number of hydrogen-bond acceptors (Lipinski definition) is 1. The van der Waals surface area contributed by atoms with Gasteiger partial charge in [0, 0.05) is 19.0 Å². The van der Waals surface area contributed by atoms with E-state index in [1.807, 2.05) is 39.0 Å². The van der Waals surface area contributed by atoms with Crippen LogP contribution in [0.4, 0.5) is 0 Å². The predicted octanol–water partition coefficient (Wildman–Crippen LogP) is 4.28. The summed E-state index contributed by atoms with van der Waals surface area (Å²) >= 11 is 5.61. The molecule has 1 nitrogen and oxygen atoms in total. The Bertz CT molecular complexity index is 366. The van der Waals surface area contributed by atoms with Gasteiger partial charge in [-0.15, -0.1) is 0 Å². The molecule has 0 aliphatic rings. The number of ketones is 1. The minimum atomic E-state index is -0.326. The number of Topliss-reactive ketones (excluding diaryl/α,β-unsaturated/α-hetero) is 1. The standard InChI is InChI=1S/C11H12BrIO/c1-11(2,3)10(14)8-6-7(13)4-5-9(8)12/h4-6H,1-3H3. The molecule has 0 heterocycles. The largest absolute Gasteiger partial charge is 0.294 e. The zero-order chi connectivity index (χ0) is 10.9. The van der Waals surface area contributed by atoms with Crippen molar-refractivity contribution in [2.45, 2.75) is 20.8 Å². The van der Waals surface area contributed by atoms with Crippen LogP contribution in [0.5, 0.6) is 0 Å². The Morgan fingerprint density at radius 2 is 1.93 bits per heavy atom. The molecule has 0 spiro atoms. The molecule has 3 heteroatoms. The zero-order valence-electron chi connectivity index (χ0n) is 8.40. The van der Waals surface area contributed by atoms with E-state index in [1.165, 1.54) is 0 Å². The van der Waals surface area contributed by atoms with Crippen molar-refractivity contribution < 1.29 is 4.79 Å². The highest BCUT2D eigenvalue weighted by Crippen LogP contribution is 2.27. The fraction of sp³-hybridized carbons (Fsp3) is 0.364. The average Bonchev–Trinajstić information content (AvgIpc) is 2.06. The van der Waals surface area contributed by atoms with Gasteiger partial charge in [0.15, 0.2) is 5.78 Å². The first-order chi connectivity index (χ1) is 6.32. The lowest BCUT2D eigenvalue weighted by atomic mass is 9.87. The smallest absolute Gasteiger partial charge is 0.169 e. The van der Waals surface area contributed by atoms with Crippen molar-refractivity contribution in [1.29, 1.82) is 0 Å². The van der Waals surface area contributed by atoms with Crippen LogP contribution in [0.25, 0.3) is 0 Å². The van der Waals surface area contributed by atoms with Crippen molar-refractivity contribution >= 4 is 44.3 Å². The Kier molecular flexibility index (Phi) is 3.75. The van der Waals surface area contributed by atoms with Crippen molar-refractivity contribution in [3.8, 4) is 0 Å². The molecule has 0 unspecified atom stereocenters. The molecular weight excluding hydrogens is 355 g/mol. The second kappa shape index (κ2) is 4.31. The molecule has 0 aromatic heterocycles. The highest BCUT2D eigenvalue weighted by atomic mass is 127. The molecule has 1 aromatic carbocycles. The van der Waals surface area contributed by atoms with Gasteiger partial charge in [-0.2, -0.15) is 0 Å². The normalized spacial score (nSPS) is 11.5. The minimum absolute atomic E-state index is 0.169. The molecule has 0 N–H and O–H groups in total. The van der Waals surface area contributed by atoms with E-state index in [0.717, 1.165) is 13.6 Å². The summed E-state index contributed by atoms with van der Waals surface area (Å²) in [5, 5.41) is 0. The summed E-state index contributed by atoms with van der Waals surface area (Å²) in [4.78, 5) is 12.0.